The van der Waals surface area contributed by atoms with E-state index in [0.29, 0.717) is 17.1 Å². The van der Waals surface area contributed by atoms with E-state index in [9.17, 15) is 9.59 Å². The molecule has 0 heterocycles. The topological polar surface area (TPSA) is 64.6 Å². The highest BCUT2D eigenvalue weighted by atomic mass is 16.5. The summed E-state index contributed by atoms with van der Waals surface area (Å²) in [4.78, 5) is 24.2. The van der Waals surface area contributed by atoms with E-state index in [1.165, 1.54) is 0 Å². The molecule has 0 saturated carbocycles. The molecule has 2 aromatic rings. The van der Waals surface area contributed by atoms with Gasteiger partial charge in [0.05, 0.1) is 20.3 Å². The van der Waals surface area contributed by atoms with Gasteiger partial charge in [-0.15, -0.1) is 0 Å². The lowest BCUT2D eigenvalue weighted by Crippen LogP contribution is -2.27. The van der Waals surface area contributed by atoms with Crippen molar-refractivity contribution in [3.63, 3.8) is 0 Å². The van der Waals surface area contributed by atoms with Crippen molar-refractivity contribution in [1.82, 2.24) is 5.32 Å². The molecular formula is C20H23NO4. The average molecular weight is 341 g/mol. The summed E-state index contributed by atoms with van der Waals surface area (Å²) in [5.41, 5.74) is 1.53. The van der Waals surface area contributed by atoms with Gasteiger partial charge in [0.1, 0.15) is 0 Å². The van der Waals surface area contributed by atoms with Crippen LogP contribution in [0.2, 0.25) is 0 Å². The quantitative estimate of drug-likeness (QED) is 0.746. The number of Topliss-reactive ketones (excluding diaryl/α,β-unsaturated/α-hetero) is 1. The van der Waals surface area contributed by atoms with Crippen molar-refractivity contribution in [3.8, 4) is 11.5 Å². The molecule has 0 aliphatic heterocycles. The molecule has 0 aliphatic rings. The van der Waals surface area contributed by atoms with Crippen molar-refractivity contribution in [1.29, 1.82) is 0 Å². The van der Waals surface area contributed by atoms with Crippen molar-refractivity contribution in [2.45, 2.75) is 25.8 Å². The van der Waals surface area contributed by atoms with Gasteiger partial charge in [-0.2, -0.15) is 0 Å². The first kappa shape index (κ1) is 18.5. The van der Waals surface area contributed by atoms with Gasteiger partial charge in [0, 0.05) is 18.4 Å². The monoisotopic (exact) mass is 341 g/mol. The third-order valence-corrected chi connectivity index (χ3v) is 3.96. The van der Waals surface area contributed by atoms with E-state index in [0.717, 1.165) is 5.56 Å². The summed E-state index contributed by atoms with van der Waals surface area (Å²) in [6, 6.07) is 14.3. The number of ether oxygens (including phenoxy) is 2. The first-order valence-electron chi connectivity index (χ1n) is 8.14. The van der Waals surface area contributed by atoms with E-state index < -0.39 is 0 Å². The Balaban J connectivity index is 1.90. The smallest absolute Gasteiger partial charge is 0.220 e. The molecule has 0 radical (unpaired) electrons. The maximum absolute atomic E-state index is 12.1. The number of hydrogen-bond acceptors (Lipinski definition) is 4. The molecule has 0 fully saturated rings. The van der Waals surface area contributed by atoms with Crippen LogP contribution in [-0.4, -0.2) is 25.9 Å². The summed E-state index contributed by atoms with van der Waals surface area (Å²) in [5, 5.41) is 2.90. The Morgan fingerprint density at radius 2 is 1.64 bits per heavy atom. The Kier molecular flexibility index (Phi) is 6.57. The van der Waals surface area contributed by atoms with Crippen LogP contribution >= 0.6 is 0 Å². The number of methoxy groups -OCH3 is 2. The fraction of sp³-hybridized carbons (Fsp3) is 0.300. The SMILES string of the molecule is COc1ccc(C(C)NC(=O)CCC(=O)c2ccccc2)cc1OC. The van der Waals surface area contributed by atoms with Crippen molar-refractivity contribution in [3.05, 3.63) is 59.7 Å². The highest BCUT2D eigenvalue weighted by Gasteiger charge is 2.14. The first-order valence-corrected chi connectivity index (χ1v) is 8.14. The Morgan fingerprint density at radius 1 is 0.960 bits per heavy atom. The highest BCUT2D eigenvalue weighted by Crippen LogP contribution is 2.29. The van der Waals surface area contributed by atoms with Crippen LogP contribution in [0.4, 0.5) is 0 Å². The van der Waals surface area contributed by atoms with Crippen LogP contribution in [0.25, 0.3) is 0 Å². The number of hydrogen-bond donors (Lipinski definition) is 1. The molecule has 0 spiro atoms. The zero-order chi connectivity index (χ0) is 18.2. The molecule has 1 N–H and O–H groups in total. The van der Waals surface area contributed by atoms with Crippen LogP contribution in [0.3, 0.4) is 0 Å². The Morgan fingerprint density at radius 3 is 2.28 bits per heavy atom. The lowest BCUT2D eigenvalue weighted by molar-refractivity contribution is -0.121. The summed E-state index contributed by atoms with van der Waals surface area (Å²) in [6.07, 6.45) is 0.347. The Labute approximate surface area is 148 Å². The predicted octanol–water partition coefficient (Wildman–Crippen LogP) is 3.54. The summed E-state index contributed by atoms with van der Waals surface area (Å²) >= 11 is 0. The second kappa shape index (κ2) is 8.87. The number of amides is 1. The van der Waals surface area contributed by atoms with Crippen LogP contribution in [0.5, 0.6) is 11.5 Å². The molecule has 0 aromatic heterocycles. The molecule has 1 atom stereocenters. The lowest BCUT2D eigenvalue weighted by Gasteiger charge is -2.16. The molecule has 1 unspecified atom stereocenters. The molecule has 0 bridgehead atoms. The molecule has 2 aromatic carbocycles. The average Bonchev–Trinajstić information content (AvgIpc) is 2.66. The van der Waals surface area contributed by atoms with Crippen molar-refractivity contribution >= 4 is 11.7 Å². The van der Waals surface area contributed by atoms with Gasteiger partial charge in [-0.3, -0.25) is 9.59 Å². The highest BCUT2D eigenvalue weighted by molar-refractivity contribution is 5.97. The Hall–Kier alpha value is -2.82. The van der Waals surface area contributed by atoms with Gasteiger partial charge in [-0.05, 0) is 24.6 Å². The molecule has 5 heteroatoms. The summed E-state index contributed by atoms with van der Waals surface area (Å²) in [7, 11) is 3.15. The predicted molar refractivity (Wildman–Crippen MR) is 96.1 cm³/mol. The van der Waals surface area contributed by atoms with E-state index in [-0.39, 0.29) is 30.6 Å². The van der Waals surface area contributed by atoms with Crippen LogP contribution in [0, 0.1) is 0 Å². The third kappa shape index (κ3) is 5.08. The van der Waals surface area contributed by atoms with Crippen LogP contribution < -0.4 is 14.8 Å². The van der Waals surface area contributed by atoms with Gasteiger partial charge in [-0.25, -0.2) is 0 Å². The van der Waals surface area contributed by atoms with Gasteiger partial charge in [-0.1, -0.05) is 36.4 Å². The van der Waals surface area contributed by atoms with Gasteiger partial charge in [0.2, 0.25) is 5.91 Å². The Bertz CT molecular complexity index is 728. The van der Waals surface area contributed by atoms with Crippen LogP contribution in [-0.2, 0) is 4.79 Å². The molecule has 0 aliphatic carbocycles. The molecule has 5 nitrogen and oxygen atoms in total. The second-order valence-electron chi connectivity index (χ2n) is 5.69. The number of rotatable bonds is 8. The molecule has 0 saturated heterocycles. The largest absolute Gasteiger partial charge is 0.493 e. The molecule has 1 amide bonds. The van der Waals surface area contributed by atoms with Gasteiger partial charge >= 0.3 is 0 Å². The van der Waals surface area contributed by atoms with Gasteiger partial charge < -0.3 is 14.8 Å². The van der Waals surface area contributed by atoms with E-state index in [2.05, 4.69) is 5.32 Å². The van der Waals surface area contributed by atoms with Crippen molar-refractivity contribution in [2.24, 2.45) is 0 Å². The number of ketones is 1. The fourth-order valence-corrected chi connectivity index (χ4v) is 2.51. The molecule has 2 rings (SSSR count). The summed E-state index contributed by atoms with van der Waals surface area (Å²) in [5.74, 6) is 1.06. The van der Waals surface area contributed by atoms with E-state index in [1.54, 1.807) is 32.4 Å². The zero-order valence-electron chi connectivity index (χ0n) is 14.7. The molecule has 25 heavy (non-hydrogen) atoms. The van der Waals surface area contributed by atoms with E-state index >= 15 is 0 Å². The minimum atomic E-state index is -0.195. The van der Waals surface area contributed by atoms with E-state index in [1.807, 2.05) is 37.3 Å². The number of nitrogens with one attached hydrogen (secondary N) is 1. The maximum atomic E-state index is 12.1. The lowest BCUT2D eigenvalue weighted by atomic mass is 10.1. The van der Waals surface area contributed by atoms with Crippen LogP contribution in [0.15, 0.2) is 48.5 Å². The van der Waals surface area contributed by atoms with Crippen molar-refractivity contribution < 1.29 is 19.1 Å². The third-order valence-electron chi connectivity index (χ3n) is 3.96. The first-order chi connectivity index (χ1) is 12.0. The maximum Gasteiger partial charge on any atom is 0.220 e. The zero-order valence-corrected chi connectivity index (χ0v) is 14.7. The number of benzene rings is 2. The fourth-order valence-electron chi connectivity index (χ4n) is 2.51. The summed E-state index contributed by atoms with van der Waals surface area (Å²) in [6.45, 7) is 1.89. The molecular weight excluding hydrogens is 318 g/mol. The van der Waals surface area contributed by atoms with Gasteiger partial charge in [0.15, 0.2) is 17.3 Å². The minimum Gasteiger partial charge on any atom is -0.493 e. The second-order valence-corrected chi connectivity index (χ2v) is 5.69. The van der Waals surface area contributed by atoms with E-state index in [4.69, 9.17) is 9.47 Å². The normalized spacial score (nSPS) is 11.5. The van der Waals surface area contributed by atoms with Crippen molar-refractivity contribution in [2.75, 3.05) is 14.2 Å². The number of carbonyl (C=O) groups excluding carboxylic acids is 2. The molecule has 132 valence electrons. The summed E-state index contributed by atoms with van der Waals surface area (Å²) < 4.78 is 10.5. The van der Waals surface area contributed by atoms with Gasteiger partial charge in [0.25, 0.3) is 0 Å². The van der Waals surface area contributed by atoms with Crippen LogP contribution in [0.1, 0.15) is 41.7 Å². The standard InChI is InChI=1S/C20H23NO4/c1-14(16-9-11-18(24-2)19(13-16)25-3)21-20(23)12-10-17(22)15-7-5-4-6-8-15/h4-9,11,13-14H,10,12H2,1-3H3,(H,21,23). The minimum absolute atomic E-state index is 0.0329. The number of carbonyl (C=O) groups is 2.